The average Bonchev–Trinajstić information content (AvgIpc) is 3.12. The largest absolute Gasteiger partial charge is 0.493 e. The predicted molar refractivity (Wildman–Crippen MR) is 181 cm³/mol. The number of nitrogens with one attached hydrogen (secondary N) is 1. The van der Waals surface area contributed by atoms with Gasteiger partial charge >= 0.3 is 12.1 Å². The first-order valence-electron chi connectivity index (χ1n) is 15.8. The highest BCUT2D eigenvalue weighted by atomic mass is 19.1. The number of amides is 1. The Balaban J connectivity index is 1.25. The van der Waals surface area contributed by atoms with Gasteiger partial charge in [-0.2, -0.15) is 0 Å². The lowest BCUT2D eigenvalue weighted by molar-refractivity contribution is -0.146. The Bertz CT molecular complexity index is 1680. The lowest BCUT2D eigenvalue weighted by Crippen LogP contribution is -2.26. The number of benzene rings is 5. The van der Waals surface area contributed by atoms with Crippen molar-refractivity contribution in [3.8, 4) is 28.0 Å². The Kier molecular flexibility index (Phi) is 12.3. The summed E-state index contributed by atoms with van der Waals surface area (Å²) < 4.78 is 44.5. The van der Waals surface area contributed by atoms with Gasteiger partial charge in [-0.25, -0.2) is 13.6 Å². The maximum Gasteiger partial charge on any atom is 0.407 e. The molecule has 6 nitrogen and oxygen atoms in total. The van der Waals surface area contributed by atoms with Crippen LogP contribution >= 0.6 is 0 Å². The van der Waals surface area contributed by atoms with Crippen molar-refractivity contribution in [2.75, 3.05) is 13.2 Å². The minimum absolute atomic E-state index is 0.119. The molecule has 0 bridgehead atoms. The van der Waals surface area contributed by atoms with E-state index in [0.717, 1.165) is 33.4 Å². The second-order valence-corrected chi connectivity index (χ2v) is 11.4. The van der Waals surface area contributed by atoms with Gasteiger partial charge in [0.25, 0.3) is 0 Å². The van der Waals surface area contributed by atoms with Crippen molar-refractivity contribution in [1.82, 2.24) is 5.32 Å². The standard InChI is InChI=1S/C40H37F2NO5/c41-36-17-13-32(14-18-36)34-23-35(33-15-19-37(42)20-16-33)25-38(24-34)46-28-31(22-39(44)47-26-29-8-3-1-4-9-29)12-7-21-43-40(45)48-27-30-10-5-2-6-11-30/h1-6,8-11,13-20,23-25,31H,7,12,21-22,26-28H2,(H,43,45)/t31-/m1/s1. The molecule has 0 aliphatic carbocycles. The van der Waals surface area contributed by atoms with E-state index >= 15 is 0 Å². The van der Waals surface area contributed by atoms with Gasteiger partial charge in [-0.15, -0.1) is 0 Å². The first-order chi connectivity index (χ1) is 23.4. The molecule has 5 rings (SSSR count). The van der Waals surface area contributed by atoms with E-state index < -0.39 is 6.09 Å². The first kappa shape index (κ1) is 33.9. The quantitative estimate of drug-likeness (QED) is 0.0905. The monoisotopic (exact) mass is 649 g/mol. The fraction of sp³-hybridized carbons (Fsp3) is 0.200. The average molecular weight is 650 g/mol. The number of alkyl carbamates (subject to hydrolysis) is 1. The molecule has 1 atom stereocenters. The van der Waals surface area contributed by atoms with Crippen LogP contribution in [0, 0.1) is 17.6 Å². The molecule has 0 aliphatic heterocycles. The molecule has 48 heavy (non-hydrogen) atoms. The lowest BCUT2D eigenvalue weighted by atomic mass is 9.98. The van der Waals surface area contributed by atoms with Crippen LogP contribution in [0.25, 0.3) is 22.3 Å². The van der Waals surface area contributed by atoms with Crippen LogP contribution < -0.4 is 10.1 Å². The molecule has 1 amide bonds. The van der Waals surface area contributed by atoms with Crippen LogP contribution in [0.3, 0.4) is 0 Å². The molecule has 0 heterocycles. The molecule has 1 N–H and O–H groups in total. The number of carbonyl (C=O) groups is 2. The Morgan fingerprint density at radius 3 is 1.69 bits per heavy atom. The smallest absolute Gasteiger partial charge is 0.407 e. The number of esters is 1. The fourth-order valence-corrected chi connectivity index (χ4v) is 5.15. The Hall–Kier alpha value is -5.50. The molecule has 8 heteroatoms. The van der Waals surface area contributed by atoms with Crippen molar-refractivity contribution < 1.29 is 32.6 Å². The van der Waals surface area contributed by atoms with Crippen molar-refractivity contribution in [3.05, 3.63) is 150 Å². The Labute approximate surface area is 279 Å². The highest BCUT2D eigenvalue weighted by Gasteiger charge is 2.18. The SMILES string of the molecule is O=C(C[C@@H](CCCNC(=O)OCc1ccccc1)COc1cc(-c2ccc(F)cc2)cc(-c2ccc(F)cc2)c1)OCc1ccccc1. The summed E-state index contributed by atoms with van der Waals surface area (Å²) >= 11 is 0. The van der Waals surface area contributed by atoms with E-state index in [2.05, 4.69) is 5.32 Å². The summed E-state index contributed by atoms with van der Waals surface area (Å²) in [4.78, 5) is 25.1. The van der Waals surface area contributed by atoms with Gasteiger partial charge in [-0.05, 0) is 88.7 Å². The van der Waals surface area contributed by atoms with Gasteiger partial charge in [-0.3, -0.25) is 4.79 Å². The van der Waals surface area contributed by atoms with E-state index in [4.69, 9.17) is 14.2 Å². The van der Waals surface area contributed by atoms with Crippen LogP contribution in [0.5, 0.6) is 5.75 Å². The summed E-state index contributed by atoms with van der Waals surface area (Å²) in [7, 11) is 0. The second kappa shape index (κ2) is 17.4. The number of ether oxygens (including phenoxy) is 3. The van der Waals surface area contributed by atoms with Crippen LogP contribution in [0.15, 0.2) is 127 Å². The Morgan fingerprint density at radius 2 is 1.15 bits per heavy atom. The lowest BCUT2D eigenvalue weighted by Gasteiger charge is -2.19. The maximum absolute atomic E-state index is 13.7. The van der Waals surface area contributed by atoms with Gasteiger partial charge in [0.15, 0.2) is 0 Å². The van der Waals surface area contributed by atoms with Crippen molar-refractivity contribution in [1.29, 1.82) is 0 Å². The summed E-state index contributed by atoms with van der Waals surface area (Å²) in [6.45, 7) is 0.905. The van der Waals surface area contributed by atoms with E-state index in [1.165, 1.54) is 24.3 Å². The van der Waals surface area contributed by atoms with Crippen molar-refractivity contribution >= 4 is 12.1 Å². The van der Waals surface area contributed by atoms with Gasteiger partial charge in [-0.1, -0.05) is 84.9 Å². The van der Waals surface area contributed by atoms with Crippen LogP contribution in [0.2, 0.25) is 0 Å². The van der Waals surface area contributed by atoms with Crippen molar-refractivity contribution in [2.24, 2.45) is 5.92 Å². The van der Waals surface area contributed by atoms with Gasteiger partial charge in [0.2, 0.25) is 0 Å². The minimum atomic E-state index is -0.514. The molecule has 0 aromatic heterocycles. The number of carbonyl (C=O) groups excluding carboxylic acids is 2. The zero-order valence-electron chi connectivity index (χ0n) is 26.4. The van der Waals surface area contributed by atoms with Crippen LogP contribution in [0.1, 0.15) is 30.4 Å². The van der Waals surface area contributed by atoms with Crippen LogP contribution in [0.4, 0.5) is 13.6 Å². The third-order valence-corrected chi connectivity index (χ3v) is 7.72. The zero-order valence-corrected chi connectivity index (χ0v) is 26.4. The molecule has 0 spiro atoms. The first-order valence-corrected chi connectivity index (χ1v) is 15.8. The molecule has 0 saturated carbocycles. The van der Waals surface area contributed by atoms with E-state index in [1.54, 1.807) is 24.3 Å². The number of hydrogen-bond acceptors (Lipinski definition) is 5. The normalized spacial score (nSPS) is 11.4. The summed E-state index contributed by atoms with van der Waals surface area (Å²) in [5, 5.41) is 2.77. The highest BCUT2D eigenvalue weighted by molar-refractivity contribution is 5.75. The maximum atomic E-state index is 13.7. The molecule has 0 radical (unpaired) electrons. The fourth-order valence-electron chi connectivity index (χ4n) is 5.15. The van der Waals surface area contributed by atoms with E-state index in [0.29, 0.717) is 25.1 Å². The second-order valence-electron chi connectivity index (χ2n) is 11.4. The van der Waals surface area contributed by atoms with E-state index in [9.17, 15) is 18.4 Å². The van der Waals surface area contributed by atoms with Gasteiger partial charge in [0.1, 0.15) is 30.6 Å². The van der Waals surface area contributed by atoms with Crippen molar-refractivity contribution in [3.63, 3.8) is 0 Å². The zero-order chi connectivity index (χ0) is 33.6. The summed E-state index contributed by atoms with van der Waals surface area (Å²) in [6, 6.07) is 36.8. The molecule has 5 aromatic carbocycles. The summed E-state index contributed by atoms with van der Waals surface area (Å²) in [5.74, 6) is -0.716. The predicted octanol–water partition coefficient (Wildman–Crippen LogP) is 9.13. The number of rotatable bonds is 15. The molecule has 0 saturated heterocycles. The van der Waals surface area contributed by atoms with Gasteiger partial charge < -0.3 is 19.5 Å². The van der Waals surface area contributed by atoms with Crippen LogP contribution in [-0.4, -0.2) is 25.2 Å². The Morgan fingerprint density at radius 1 is 0.625 bits per heavy atom. The molecular weight excluding hydrogens is 612 g/mol. The number of halogens is 2. The molecule has 5 aromatic rings. The third-order valence-electron chi connectivity index (χ3n) is 7.72. The van der Waals surface area contributed by atoms with Gasteiger partial charge in [0, 0.05) is 12.5 Å². The van der Waals surface area contributed by atoms with E-state index in [-0.39, 0.29) is 49.8 Å². The molecule has 0 unspecified atom stereocenters. The third kappa shape index (κ3) is 10.8. The van der Waals surface area contributed by atoms with Crippen molar-refractivity contribution in [2.45, 2.75) is 32.5 Å². The van der Waals surface area contributed by atoms with Gasteiger partial charge in [0.05, 0.1) is 13.0 Å². The number of hydrogen-bond donors (Lipinski definition) is 1. The molecule has 0 aliphatic rings. The summed E-state index contributed by atoms with van der Waals surface area (Å²) in [6.07, 6.45) is 0.756. The molecular formula is C40H37F2NO5. The highest BCUT2D eigenvalue weighted by Crippen LogP contribution is 2.32. The summed E-state index contributed by atoms with van der Waals surface area (Å²) in [5.41, 5.74) is 4.95. The topological polar surface area (TPSA) is 73.9 Å². The van der Waals surface area contributed by atoms with E-state index in [1.807, 2.05) is 78.9 Å². The minimum Gasteiger partial charge on any atom is -0.493 e. The van der Waals surface area contributed by atoms with Crippen LogP contribution in [-0.2, 0) is 27.5 Å². The molecule has 246 valence electrons. The molecule has 0 fully saturated rings.